The third-order valence-electron chi connectivity index (χ3n) is 6.02. The highest BCUT2D eigenvalue weighted by atomic mass is 35.5. The van der Waals surface area contributed by atoms with Gasteiger partial charge >= 0.3 is 0 Å². The van der Waals surface area contributed by atoms with Gasteiger partial charge in [0.05, 0.1) is 23.0 Å². The molecule has 0 unspecified atom stereocenters. The lowest BCUT2D eigenvalue weighted by molar-refractivity contribution is -0.136. The van der Waals surface area contributed by atoms with E-state index in [0.29, 0.717) is 11.6 Å². The summed E-state index contributed by atoms with van der Waals surface area (Å²) >= 11 is 6.25. The molecule has 4 rings (SSSR count). The van der Waals surface area contributed by atoms with Crippen LogP contribution in [-0.4, -0.2) is 27.4 Å². The molecule has 146 valence electrons. The zero-order valence-corrected chi connectivity index (χ0v) is 17.2. The van der Waals surface area contributed by atoms with E-state index in [1.54, 1.807) is 0 Å². The molecule has 0 radical (unpaired) electrons. The van der Waals surface area contributed by atoms with E-state index in [9.17, 15) is 4.79 Å². The van der Waals surface area contributed by atoms with Crippen LogP contribution in [0.2, 0.25) is 5.02 Å². The topological polar surface area (TPSA) is 38.1 Å². The van der Waals surface area contributed by atoms with Crippen molar-refractivity contribution < 1.29 is 4.79 Å². The molecule has 0 saturated heterocycles. The van der Waals surface area contributed by atoms with Crippen molar-refractivity contribution in [2.24, 2.45) is 0 Å². The summed E-state index contributed by atoms with van der Waals surface area (Å²) in [7, 11) is 1.90. The molecule has 1 saturated carbocycles. The van der Waals surface area contributed by atoms with Crippen LogP contribution < -0.4 is 0 Å². The first-order chi connectivity index (χ1) is 13.5. The van der Waals surface area contributed by atoms with Crippen LogP contribution in [0.5, 0.6) is 0 Å². The quantitative estimate of drug-likeness (QED) is 0.597. The van der Waals surface area contributed by atoms with Crippen molar-refractivity contribution in [1.29, 1.82) is 0 Å². The molecule has 4 nitrogen and oxygen atoms in total. The van der Waals surface area contributed by atoms with E-state index < -0.39 is 5.41 Å². The van der Waals surface area contributed by atoms with E-state index in [1.807, 2.05) is 54.4 Å². The van der Waals surface area contributed by atoms with Gasteiger partial charge in [0, 0.05) is 18.6 Å². The average molecular weight is 396 g/mol. The van der Waals surface area contributed by atoms with Crippen molar-refractivity contribution >= 4 is 28.5 Å². The molecule has 2 aromatic carbocycles. The van der Waals surface area contributed by atoms with Crippen molar-refractivity contribution in [2.45, 2.75) is 51.1 Å². The van der Waals surface area contributed by atoms with E-state index in [-0.39, 0.29) is 5.91 Å². The first-order valence-corrected chi connectivity index (χ1v) is 10.4. The number of hydrogen-bond donors (Lipinski definition) is 0. The Hall–Kier alpha value is -2.33. The second kappa shape index (κ2) is 7.59. The second-order valence-corrected chi connectivity index (χ2v) is 8.16. The van der Waals surface area contributed by atoms with Crippen LogP contribution in [0.25, 0.3) is 11.0 Å². The van der Waals surface area contributed by atoms with Crippen molar-refractivity contribution in [2.75, 3.05) is 7.05 Å². The molecule has 1 fully saturated rings. The number of likely N-dealkylation sites (N-methyl/N-ethyl adjacent to an activating group) is 1. The third-order valence-corrected chi connectivity index (χ3v) is 6.25. The Kier molecular flexibility index (Phi) is 5.15. The van der Waals surface area contributed by atoms with Gasteiger partial charge in [0.1, 0.15) is 5.82 Å². The Balaban J connectivity index is 1.66. The highest BCUT2D eigenvalue weighted by Crippen LogP contribution is 2.43. The van der Waals surface area contributed by atoms with Gasteiger partial charge in [0.15, 0.2) is 0 Å². The van der Waals surface area contributed by atoms with Crippen molar-refractivity contribution in [3.63, 3.8) is 0 Å². The van der Waals surface area contributed by atoms with Crippen molar-refractivity contribution in [3.05, 3.63) is 64.9 Å². The van der Waals surface area contributed by atoms with Gasteiger partial charge in [-0.2, -0.15) is 0 Å². The molecule has 28 heavy (non-hydrogen) atoms. The number of imidazole rings is 1. The van der Waals surface area contributed by atoms with Gasteiger partial charge in [0.2, 0.25) is 5.91 Å². The van der Waals surface area contributed by atoms with Gasteiger partial charge in [-0.25, -0.2) is 4.98 Å². The van der Waals surface area contributed by atoms with E-state index >= 15 is 0 Å². The van der Waals surface area contributed by atoms with Crippen LogP contribution in [0, 0.1) is 0 Å². The van der Waals surface area contributed by atoms with Crippen LogP contribution in [0.3, 0.4) is 0 Å². The van der Waals surface area contributed by atoms with Crippen LogP contribution >= 0.6 is 11.6 Å². The first kappa shape index (κ1) is 19.0. The summed E-state index contributed by atoms with van der Waals surface area (Å²) in [5.74, 6) is 1.10. The maximum absolute atomic E-state index is 13.6. The predicted octanol–water partition coefficient (Wildman–Crippen LogP) is 5.18. The van der Waals surface area contributed by atoms with Crippen molar-refractivity contribution in [3.8, 4) is 0 Å². The molecular formula is C23H26ClN3O. The molecule has 1 aliphatic rings. The van der Waals surface area contributed by atoms with Gasteiger partial charge in [-0.3, -0.25) is 4.79 Å². The van der Waals surface area contributed by atoms with Gasteiger partial charge in [0.25, 0.3) is 0 Å². The molecule has 1 amide bonds. The molecule has 1 aromatic heterocycles. The first-order valence-electron chi connectivity index (χ1n) is 10.0. The minimum absolute atomic E-state index is 0.168. The summed E-state index contributed by atoms with van der Waals surface area (Å²) < 4.78 is 2.19. The minimum atomic E-state index is -0.470. The maximum Gasteiger partial charge on any atom is 0.233 e. The van der Waals surface area contributed by atoms with Crippen LogP contribution in [0.4, 0.5) is 0 Å². The number of aromatic nitrogens is 2. The zero-order chi connectivity index (χ0) is 19.7. The Bertz CT molecular complexity index is 1000. The minimum Gasteiger partial charge on any atom is -0.338 e. The highest BCUT2D eigenvalue weighted by Gasteiger charge is 2.44. The van der Waals surface area contributed by atoms with Crippen LogP contribution in [-0.2, 0) is 23.3 Å². The number of nitrogens with zero attached hydrogens (tertiary/aromatic N) is 3. The zero-order valence-electron chi connectivity index (χ0n) is 16.5. The molecular weight excluding hydrogens is 370 g/mol. The van der Waals surface area contributed by atoms with Gasteiger partial charge < -0.3 is 9.47 Å². The summed E-state index contributed by atoms with van der Waals surface area (Å²) in [6.45, 7) is 3.45. The van der Waals surface area contributed by atoms with Crippen LogP contribution in [0.15, 0.2) is 48.5 Å². The Morgan fingerprint density at radius 3 is 2.64 bits per heavy atom. The fraction of sp³-hybridized carbons (Fsp3) is 0.391. The number of rotatable bonds is 5. The second-order valence-electron chi connectivity index (χ2n) is 7.72. The maximum atomic E-state index is 13.6. The number of aryl methyl sites for hydroxylation is 1. The Labute approximate surface area is 171 Å². The number of benzene rings is 2. The summed E-state index contributed by atoms with van der Waals surface area (Å²) in [4.78, 5) is 20.3. The summed E-state index contributed by atoms with van der Waals surface area (Å²) in [6, 6.07) is 16.0. The molecule has 1 heterocycles. The summed E-state index contributed by atoms with van der Waals surface area (Å²) in [6.07, 6.45) is 3.89. The normalized spacial score (nSPS) is 15.8. The van der Waals surface area contributed by atoms with E-state index in [2.05, 4.69) is 17.6 Å². The predicted molar refractivity (Wildman–Crippen MR) is 113 cm³/mol. The lowest BCUT2D eigenvalue weighted by atomic mass is 9.77. The molecule has 0 bridgehead atoms. The van der Waals surface area contributed by atoms with Gasteiger partial charge in [-0.15, -0.1) is 0 Å². The summed E-state index contributed by atoms with van der Waals surface area (Å²) in [5, 5.41) is 0.687. The highest BCUT2D eigenvalue weighted by molar-refractivity contribution is 6.30. The SMILES string of the molecule is CCn1c(CN(C)C(=O)C2(c3cccc(Cl)c3)CCCC2)nc2ccccc21. The molecule has 0 spiro atoms. The number of fused-ring (bicyclic) bond motifs is 1. The number of halogens is 1. The van der Waals surface area contributed by atoms with Crippen LogP contribution in [0.1, 0.15) is 44.0 Å². The monoisotopic (exact) mass is 395 g/mol. The van der Waals surface area contributed by atoms with Crippen molar-refractivity contribution in [1.82, 2.24) is 14.5 Å². The molecule has 0 aliphatic heterocycles. The molecule has 0 N–H and O–H groups in total. The standard InChI is InChI=1S/C23H26ClN3O/c1-3-27-20-12-5-4-11-19(20)25-21(27)16-26(2)22(28)23(13-6-7-14-23)17-9-8-10-18(24)15-17/h4-5,8-12,15H,3,6-7,13-14,16H2,1-2H3. The summed E-state index contributed by atoms with van der Waals surface area (Å²) in [5.41, 5.74) is 2.66. The Morgan fingerprint density at radius 2 is 1.93 bits per heavy atom. The molecule has 1 aliphatic carbocycles. The smallest absolute Gasteiger partial charge is 0.233 e. The number of para-hydroxylation sites is 2. The fourth-order valence-corrected chi connectivity index (χ4v) is 4.83. The van der Waals surface area contributed by atoms with Gasteiger partial charge in [-0.05, 0) is 49.6 Å². The van der Waals surface area contributed by atoms with Gasteiger partial charge in [-0.1, -0.05) is 48.7 Å². The third kappa shape index (κ3) is 3.20. The molecule has 3 aromatic rings. The number of carbonyl (C=O) groups excluding carboxylic acids is 1. The molecule has 0 atom stereocenters. The molecule has 5 heteroatoms. The fourth-order valence-electron chi connectivity index (χ4n) is 4.64. The van der Waals surface area contributed by atoms with E-state index in [1.165, 1.54) is 0 Å². The van der Waals surface area contributed by atoms with E-state index in [4.69, 9.17) is 16.6 Å². The lowest BCUT2D eigenvalue weighted by Gasteiger charge is -2.33. The number of amides is 1. The van der Waals surface area contributed by atoms with E-state index in [0.717, 1.165) is 54.6 Å². The largest absolute Gasteiger partial charge is 0.338 e. The lowest BCUT2D eigenvalue weighted by Crippen LogP contribution is -2.43. The number of carbonyl (C=O) groups is 1. The number of hydrogen-bond acceptors (Lipinski definition) is 2. The Morgan fingerprint density at radius 1 is 1.18 bits per heavy atom. The average Bonchev–Trinajstić information content (AvgIpc) is 3.32.